The maximum atomic E-state index is 6.00. The molecule has 0 radical (unpaired) electrons. The number of thioether (sulfide) groups is 1. The van der Waals surface area contributed by atoms with E-state index in [1.807, 2.05) is 18.4 Å². The van der Waals surface area contributed by atoms with Gasteiger partial charge >= 0.3 is 0 Å². The van der Waals surface area contributed by atoms with Crippen molar-refractivity contribution in [1.82, 2.24) is 0 Å². The van der Waals surface area contributed by atoms with Crippen LogP contribution in [0.5, 0.6) is 0 Å². The van der Waals surface area contributed by atoms with Crippen LogP contribution in [0, 0.1) is 6.92 Å². The fraction of sp³-hybridized carbons (Fsp3) is 0.333. The molecule has 0 amide bonds. The van der Waals surface area contributed by atoms with Crippen molar-refractivity contribution < 1.29 is 4.42 Å². The molecular formula is C12H15NOS. The molecule has 2 N–H and O–H groups in total. The fourth-order valence-corrected chi connectivity index (χ4v) is 2.20. The van der Waals surface area contributed by atoms with Crippen molar-refractivity contribution in [3.05, 3.63) is 35.6 Å². The van der Waals surface area contributed by atoms with Gasteiger partial charge in [0.05, 0.1) is 6.04 Å². The fourth-order valence-electron chi connectivity index (χ4n) is 1.67. The third-order valence-electron chi connectivity index (χ3n) is 2.47. The number of para-hydroxylation sites is 1. The van der Waals surface area contributed by atoms with Crippen LogP contribution in [-0.4, -0.2) is 12.0 Å². The summed E-state index contributed by atoms with van der Waals surface area (Å²) in [7, 11) is 0. The molecular weight excluding hydrogens is 206 g/mol. The van der Waals surface area contributed by atoms with Crippen molar-refractivity contribution in [1.29, 1.82) is 0 Å². The number of rotatable bonds is 3. The van der Waals surface area contributed by atoms with Gasteiger partial charge in [0, 0.05) is 11.1 Å². The van der Waals surface area contributed by atoms with E-state index in [2.05, 4.69) is 19.1 Å². The first-order valence-electron chi connectivity index (χ1n) is 4.96. The summed E-state index contributed by atoms with van der Waals surface area (Å²) in [6, 6.07) is 8.18. The molecule has 1 aromatic carbocycles. The van der Waals surface area contributed by atoms with Gasteiger partial charge in [0.25, 0.3) is 0 Å². The highest BCUT2D eigenvalue weighted by Gasteiger charge is 2.12. The molecule has 0 saturated carbocycles. The maximum absolute atomic E-state index is 6.00. The van der Waals surface area contributed by atoms with Crippen LogP contribution in [0.1, 0.15) is 17.4 Å². The van der Waals surface area contributed by atoms with Crippen molar-refractivity contribution >= 4 is 22.7 Å². The van der Waals surface area contributed by atoms with Crippen molar-refractivity contribution in [3.63, 3.8) is 0 Å². The van der Waals surface area contributed by atoms with Gasteiger partial charge in [0.15, 0.2) is 0 Å². The number of fused-ring (bicyclic) bond motifs is 1. The van der Waals surface area contributed by atoms with Crippen LogP contribution in [0.25, 0.3) is 11.0 Å². The SMILES string of the molecule is CSCC(N)c1cc2cccc(C)c2o1. The second kappa shape index (κ2) is 4.29. The molecule has 80 valence electrons. The van der Waals surface area contributed by atoms with E-state index in [9.17, 15) is 0 Å². The normalized spacial score (nSPS) is 13.3. The van der Waals surface area contributed by atoms with Crippen molar-refractivity contribution in [2.45, 2.75) is 13.0 Å². The van der Waals surface area contributed by atoms with E-state index in [0.29, 0.717) is 0 Å². The molecule has 0 saturated heterocycles. The summed E-state index contributed by atoms with van der Waals surface area (Å²) in [5.41, 5.74) is 8.13. The Kier molecular flexibility index (Phi) is 3.03. The van der Waals surface area contributed by atoms with Gasteiger partial charge in [-0.25, -0.2) is 0 Å². The Labute approximate surface area is 93.8 Å². The first kappa shape index (κ1) is 10.6. The highest BCUT2D eigenvalue weighted by atomic mass is 32.2. The topological polar surface area (TPSA) is 39.2 Å². The van der Waals surface area contributed by atoms with Crippen LogP contribution >= 0.6 is 11.8 Å². The molecule has 2 nitrogen and oxygen atoms in total. The van der Waals surface area contributed by atoms with Gasteiger partial charge < -0.3 is 10.2 Å². The second-order valence-corrected chi connectivity index (χ2v) is 4.61. The van der Waals surface area contributed by atoms with Crippen molar-refractivity contribution in [2.75, 3.05) is 12.0 Å². The zero-order chi connectivity index (χ0) is 10.8. The minimum atomic E-state index is -0.00759. The molecule has 2 aromatic rings. The molecule has 0 bridgehead atoms. The van der Waals surface area contributed by atoms with Gasteiger partial charge in [-0.05, 0) is 24.8 Å². The van der Waals surface area contributed by atoms with Crippen LogP contribution < -0.4 is 5.73 Å². The quantitative estimate of drug-likeness (QED) is 0.865. The summed E-state index contributed by atoms with van der Waals surface area (Å²) < 4.78 is 5.77. The zero-order valence-electron chi connectivity index (χ0n) is 8.99. The lowest BCUT2D eigenvalue weighted by Crippen LogP contribution is -2.11. The molecule has 2 rings (SSSR count). The van der Waals surface area contributed by atoms with Gasteiger partial charge in [-0.1, -0.05) is 18.2 Å². The molecule has 0 aliphatic carbocycles. The Bertz CT molecular complexity index is 464. The van der Waals surface area contributed by atoms with Crippen LogP contribution in [0.15, 0.2) is 28.7 Å². The predicted octanol–water partition coefficient (Wildman–Crippen LogP) is 3.10. The Hall–Kier alpha value is -0.930. The largest absolute Gasteiger partial charge is 0.459 e. The van der Waals surface area contributed by atoms with Crippen molar-refractivity contribution in [3.8, 4) is 0 Å². The summed E-state index contributed by atoms with van der Waals surface area (Å²) in [5.74, 6) is 1.77. The first-order valence-corrected chi connectivity index (χ1v) is 6.35. The molecule has 0 spiro atoms. The third-order valence-corrected chi connectivity index (χ3v) is 3.16. The van der Waals surface area contributed by atoms with E-state index in [0.717, 1.165) is 28.0 Å². The minimum absolute atomic E-state index is 0.00759. The molecule has 0 aliphatic rings. The Morgan fingerprint density at radius 2 is 2.27 bits per heavy atom. The van der Waals surface area contributed by atoms with Crippen LogP contribution in [0.3, 0.4) is 0 Å². The molecule has 1 unspecified atom stereocenters. The molecule has 1 heterocycles. The molecule has 3 heteroatoms. The van der Waals surface area contributed by atoms with Crippen LogP contribution in [-0.2, 0) is 0 Å². The average molecular weight is 221 g/mol. The average Bonchev–Trinajstić information content (AvgIpc) is 2.63. The molecule has 1 aromatic heterocycles. The third kappa shape index (κ3) is 2.03. The maximum Gasteiger partial charge on any atom is 0.137 e. The lowest BCUT2D eigenvalue weighted by Gasteiger charge is -2.04. The molecule has 15 heavy (non-hydrogen) atoms. The van der Waals surface area contributed by atoms with E-state index >= 15 is 0 Å². The van der Waals surface area contributed by atoms with E-state index in [1.165, 1.54) is 0 Å². The number of nitrogens with two attached hydrogens (primary N) is 1. The minimum Gasteiger partial charge on any atom is -0.459 e. The number of benzene rings is 1. The highest BCUT2D eigenvalue weighted by molar-refractivity contribution is 7.98. The predicted molar refractivity (Wildman–Crippen MR) is 66.3 cm³/mol. The zero-order valence-corrected chi connectivity index (χ0v) is 9.80. The monoisotopic (exact) mass is 221 g/mol. The van der Waals surface area contributed by atoms with E-state index in [-0.39, 0.29) is 6.04 Å². The number of hydrogen-bond acceptors (Lipinski definition) is 3. The van der Waals surface area contributed by atoms with Crippen LogP contribution in [0.4, 0.5) is 0 Å². The van der Waals surface area contributed by atoms with E-state index < -0.39 is 0 Å². The lowest BCUT2D eigenvalue weighted by molar-refractivity contribution is 0.515. The summed E-state index contributed by atoms with van der Waals surface area (Å²) in [4.78, 5) is 0. The summed E-state index contributed by atoms with van der Waals surface area (Å²) in [6.07, 6.45) is 2.05. The van der Waals surface area contributed by atoms with Gasteiger partial charge in [0.2, 0.25) is 0 Å². The van der Waals surface area contributed by atoms with Gasteiger partial charge in [0.1, 0.15) is 11.3 Å². The van der Waals surface area contributed by atoms with Gasteiger partial charge in [-0.3, -0.25) is 0 Å². The van der Waals surface area contributed by atoms with E-state index in [1.54, 1.807) is 11.8 Å². The Balaban J connectivity index is 2.43. The summed E-state index contributed by atoms with van der Waals surface area (Å²) >= 11 is 1.73. The van der Waals surface area contributed by atoms with Crippen LogP contribution in [0.2, 0.25) is 0 Å². The summed E-state index contributed by atoms with van der Waals surface area (Å²) in [6.45, 7) is 2.05. The summed E-state index contributed by atoms with van der Waals surface area (Å²) in [5, 5.41) is 1.14. The standard InChI is InChI=1S/C12H15NOS/c1-8-4-3-5-9-6-11(14-12(8)9)10(13)7-15-2/h3-6,10H,7,13H2,1-2H3. The second-order valence-electron chi connectivity index (χ2n) is 3.70. The van der Waals surface area contributed by atoms with E-state index in [4.69, 9.17) is 10.2 Å². The number of aryl methyl sites for hydroxylation is 1. The lowest BCUT2D eigenvalue weighted by atomic mass is 10.1. The molecule has 0 fully saturated rings. The van der Waals surface area contributed by atoms with Crippen molar-refractivity contribution in [2.24, 2.45) is 5.73 Å². The Morgan fingerprint density at radius 3 is 2.93 bits per heavy atom. The smallest absolute Gasteiger partial charge is 0.137 e. The Morgan fingerprint density at radius 1 is 1.47 bits per heavy atom. The van der Waals surface area contributed by atoms with Gasteiger partial charge in [-0.15, -0.1) is 0 Å². The molecule has 1 atom stereocenters. The molecule has 0 aliphatic heterocycles. The number of furan rings is 1. The van der Waals surface area contributed by atoms with Gasteiger partial charge in [-0.2, -0.15) is 11.8 Å². The highest BCUT2D eigenvalue weighted by Crippen LogP contribution is 2.26. The first-order chi connectivity index (χ1) is 7.22. The number of hydrogen-bond donors (Lipinski definition) is 1.